The van der Waals surface area contributed by atoms with Crippen molar-refractivity contribution in [2.24, 2.45) is 0 Å². The first-order valence-electron chi connectivity index (χ1n) is 10.8. The molecule has 2 atom stereocenters. The van der Waals surface area contributed by atoms with Gasteiger partial charge in [-0.15, -0.1) is 0 Å². The average Bonchev–Trinajstić information content (AvgIpc) is 3.23. The Morgan fingerprint density at radius 1 is 0.935 bits per heavy atom. The lowest BCUT2D eigenvalue weighted by molar-refractivity contribution is 0.0909. The van der Waals surface area contributed by atoms with Crippen LogP contribution in [0.4, 0.5) is 0 Å². The topological polar surface area (TPSA) is 46.9 Å². The summed E-state index contributed by atoms with van der Waals surface area (Å²) >= 11 is 6.16. The van der Waals surface area contributed by atoms with Crippen molar-refractivity contribution in [3.63, 3.8) is 0 Å². The SMILES string of the molecule is O=C(N[C@H]1CCCC[C@H]1n1ccc2cc(Cl)ccc21)c1ccc(-c2ccncc2)cc1. The molecule has 0 radical (unpaired) electrons. The molecule has 1 aliphatic rings. The van der Waals surface area contributed by atoms with E-state index in [1.165, 1.54) is 6.42 Å². The maximum absolute atomic E-state index is 13.0. The fraction of sp³-hybridized carbons (Fsp3) is 0.231. The molecule has 4 nitrogen and oxygen atoms in total. The summed E-state index contributed by atoms with van der Waals surface area (Å²) in [7, 11) is 0. The van der Waals surface area contributed by atoms with E-state index < -0.39 is 0 Å². The lowest BCUT2D eigenvalue weighted by Crippen LogP contribution is -2.42. The average molecular weight is 430 g/mol. The highest BCUT2D eigenvalue weighted by Crippen LogP contribution is 2.33. The number of hydrogen-bond acceptors (Lipinski definition) is 2. The van der Waals surface area contributed by atoms with Crippen molar-refractivity contribution in [2.75, 3.05) is 0 Å². The van der Waals surface area contributed by atoms with E-state index in [0.29, 0.717) is 5.56 Å². The third-order valence-electron chi connectivity index (χ3n) is 6.25. The molecule has 1 amide bonds. The van der Waals surface area contributed by atoms with Gasteiger partial charge in [0.25, 0.3) is 5.91 Å². The molecule has 0 unspecified atom stereocenters. The molecule has 4 aromatic rings. The van der Waals surface area contributed by atoms with Crippen LogP contribution in [-0.4, -0.2) is 21.5 Å². The van der Waals surface area contributed by atoms with Crippen molar-refractivity contribution in [2.45, 2.75) is 37.8 Å². The fourth-order valence-electron chi connectivity index (χ4n) is 4.65. The normalized spacial score (nSPS) is 18.7. The Hall–Kier alpha value is -3.11. The zero-order valence-corrected chi connectivity index (χ0v) is 17.9. The van der Waals surface area contributed by atoms with Crippen LogP contribution in [0.3, 0.4) is 0 Å². The molecule has 0 saturated heterocycles. The van der Waals surface area contributed by atoms with E-state index in [9.17, 15) is 4.79 Å². The summed E-state index contributed by atoms with van der Waals surface area (Å²) in [5.41, 5.74) is 4.02. The van der Waals surface area contributed by atoms with Gasteiger partial charge >= 0.3 is 0 Å². The quantitative estimate of drug-likeness (QED) is 0.415. The number of rotatable bonds is 4. The molecule has 1 aliphatic carbocycles. The van der Waals surface area contributed by atoms with Gasteiger partial charge in [-0.1, -0.05) is 36.6 Å². The van der Waals surface area contributed by atoms with E-state index in [1.54, 1.807) is 12.4 Å². The lowest BCUT2D eigenvalue weighted by atomic mass is 9.89. The number of hydrogen-bond donors (Lipinski definition) is 1. The van der Waals surface area contributed by atoms with E-state index in [1.807, 2.05) is 48.5 Å². The van der Waals surface area contributed by atoms with E-state index in [0.717, 1.165) is 46.3 Å². The summed E-state index contributed by atoms with van der Waals surface area (Å²) in [6.07, 6.45) is 10.0. The minimum atomic E-state index is -0.0160. The monoisotopic (exact) mass is 429 g/mol. The Bertz CT molecular complexity index is 1200. The number of amides is 1. The van der Waals surface area contributed by atoms with Gasteiger partial charge in [0.2, 0.25) is 0 Å². The highest BCUT2D eigenvalue weighted by molar-refractivity contribution is 6.31. The van der Waals surface area contributed by atoms with Gasteiger partial charge < -0.3 is 9.88 Å². The predicted octanol–water partition coefficient (Wildman–Crippen LogP) is 6.27. The van der Waals surface area contributed by atoms with Crippen LogP contribution in [-0.2, 0) is 0 Å². The molecule has 2 heterocycles. The van der Waals surface area contributed by atoms with Gasteiger partial charge in [-0.3, -0.25) is 9.78 Å². The minimum Gasteiger partial charge on any atom is -0.347 e. The third kappa shape index (κ3) is 4.08. The molecule has 5 heteroatoms. The van der Waals surface area contributed by atoms with Gasteiger partial charge in [0.05, 0.1) is 6.04 Å². The minimum absolute atomic E-state index is 0.0160. The largest absolute Gasteiger partial charge is 0.347 e. The van der Waals surface area contributed by atoms with Crippen LogP contribution < -0.4 is 5.32 Å². The number of aromatic nitrogens is 2. The number of fused-ring (bicyclic) bond motifs is 1. The molecule has 2 aromatic heterocycles. The number of nitrogens with zero attached hydrogens (tertiary/aromatic N) is 2. The molecular weight excluding hydrogens is 406 g/mol. The summed E-state index contributed by atoms with van der Waals surface area (Å²) < 4.78 is 2.31. The summed E-state index contributed by atoms with van der Waals surface area (Å²) in [6, 6.07) is 20.2. The van der Waals surface area contributed by atoms with E-state index >= 15 is 0 Å². The molecule has 2 aromatic carbocycles. The number of halogens is 1. The van der Waals surface area contributed by atoms with Crippen LogP contribution >= 0.6 is 11.6 Å². The number of nitrogens with one attached hydrogen (secondary N) is 1. The van der Waals surface area contributed by atoms with E-state index in [-0.39, 0.29) is 18.0 Å². The second-order valence-corrected chi connectivity index (χ2v) is 8.61. The van der Waals surface area contributed by atoms with Gasteiger partial charge in [0.1, 0.15) is 0 Å². The van der Waals surface area contributed by atoms with Crippen molar-refractivity contribution in [1.29, 1.82) is 0 Å². The van der Waals surface area contributed by atoms with E-state index in [4.69, 9.17) is 11.6 Å². The molecule has 156 valence electrons. The number of carbonyl (C=O) groups excluding carboxylic acids is 1. The summed E-state index contributed by atoms with van der Waals surface area (Å²) in [4.78, 5) is 17.1. The van der Waals surface area contributed by atoms with E-state index in [2.05, 4.69) is 33.2 Å². The van der Waals surface area contributed by atoms with Gasteiger partial charge in [0.15, 0.2) is 0 Å². The Kier molecular flexibility index (Phi) is 5.47. The van der Waals surface area contributed by atoms with Crippen LogP contribution in [0, 0.1) is 0 Å². The second kappa shape index (κ2) is 8.56. The van der Waals surface area contributed by atoms with Crippen LogP contribution in [0.1, 0.15) is 42.1 Å². The number of carbonyl (C=O) groups is 1. The number of pyridine rings is 1. The Morgan fingerprint density at radius 3 is 2.48 bits per heavy atom. The Morgan fingerprint density at radius 2 is 1.68 bits per heavy atom. The summed E-state index contributed by atoms with van der Waals surface area (Å²) in [5, 5.41) is 5.19. The molecule has 1 saturated carbocycles. The maximum atomic E-state index is 13.0. The van der Waals surface area contributed by atoms with Crippen molar-refractivity contribution in [3.8, 4) is 11.1 Å². The molecule has 1 fully saturated rings. The smallest absolute Gasteiger partial charge is 0.251 e. The van der Waals surface area contributed by atoms with Gasteiger partial charge in [-0.05, 0) is 72.5 Å². The second-order valence-electron chi connectivity index (χ2n) is 8.17. The third-order valence-corrected chi connectivity index (χ3v) is 6.48. The van der Waals surface area contributed by atoms with Gasteiger partial charge in [-0.2, -0.15) is 0 Å². The van der Waals surface area contributed by atoms with Crippen LogP contribution in [0.5, 0.6) is 0 Å². The van der Waals surface area contributed by atoms with Crippen molar-refractivity contribution < 1.29 is 4.79 Å². The Labute approximate surface area is 186 Å². The van der Waals surface area contributed by atoms with Crippen LogP contribution in [0.15, 0.2) is 79.3 Å². The zero-order valence-electron chi connectivity index (χ0n) is 17.2. The molecule has 0 spiro atoms. The number of benzene rings is 2. The summed E-state index contributed by atoms with van der Waals surface area (Å²) in [5.74, 6) is -0.0160. The van der Waals surface area contributed by atoms with Crippen molar-refractivity contribution in [1.82, 2.24) is 14.9 Å². The molecule has 0 bridgehead atoms. The molecular formula is C26H24ClN3O. The van der Waals surface area contributed by atoms with Crippen LogP contribution in [0.25, 0.3) is 22.0 Å². The van der Waals surface area contributed by atoms with Crippen molar-refractivity contribution >= 4 is 28.4 Å². The maximum Gasteiger partial charge on any atom is 0.251 e. The highest BCUT2D eigenvalue weighted by atomic mass is 35.5. The standard InChI is InChI=1S/C26H24ClN3O/c27-22-9-10-24-21(17-22)13-16-30(24)25-4-2-1-3-23(25)29-26(31)20-7-5-18(6-8-20)19-11-14-28-15-12-19/h5-17,23,25H,1-4H2,(H,29,31)/t23-,25+/m0/s1. The van der Waals surface area contributed by atoms with Gasteiger partial charge in [-0.25, -0.2) is 0 Å². The first kappa shape index (κ1) is 19.8. The van der Waals surface area contributed by atoms with Crippen molar-refractivity contribution in [3.05, 3.63) is 89.8 Å². The molecule has 5 rings (SSSR count). The first-order chi connectivity index (χ1) is 15.2. The molecule has 0 aliphatic heterocycles. The van der Waals surface area contributed by atoms with Gasteiger partial charge in [0, 0.05) is 46.1 Å². The van der Waals surface area contributed by atoms with Crippen LogP contribution in [0.2, 0.25) is 5.02 Å². The highest BCUT2D eigenvalue weighted by Gasteiger charge is 2.28. The Balaban J connectivity index is 1.35. The lowest BCUT2D eigenvalue weighted by Gasteiger charge is -2.34. The molecule has 1 N–H and O–H groups in total. The fourth-order valence-corrected chi connectivity index (χ4v) is 4.83. The first-order valence-corrected chi connectivity index (χ1v) is 11.1. The zero-order chi connectivity index (χ0) is 21.2. The molecule has 31 heavy (non-hydrogen) atoms. The summed E-state index contributed by atoms with van der Waals surface area (Å²) in [6.45, 7) is 0. The predicted molar refractivity (Wildman–Crippen MR) is 125 cm³/mol.